The largest absolute Gasteiger partial charge is 0.337 e. The lowest BCUT2D eigenvalue weighted by Crippen LogP contribution is -2.51. The van der Waals surface area contributed by atoms with E-state index in [4.69, 9.17) is 28.2 Å². The maximum Gasteiger partial charge on any atom is 0.325 e. The maximum absolute atomic E-state index is 17.0. The van der Waals surface area contributed by atoms with Crippen LogP contribution in [0, 0.1) is 35.9 Å². The Kier molecular flexibility index (Phi) is 7.97. The number of nitrogens with zero attached hydrogens (tertiary/aromatic N) is 6. The predicted octanol–water partition coefficient (Wildman–Crippen LogP) is 8.53. The summed E-state index contributed by atoms with van der Waals surface area (Å²) in [5.41, 5.74) is 4.55. The molecule has 2 aromatic carbocycles. The van der Waals surface area contributed by atoms with Crippen LogP contribution < -0.4 is 10.2 Å². The quantitative estimate of drug-likeness (QED) is 0.172. The van der Waals surface area contributed by atoms with Crippen LogP contribution in [-0.4, -0.2) is 51.1 Å². The predicted molar refractivity (Wildman–Crippen MR) is 187 cm³/mol. The zero-order valence-corrected chi connectivity index (χ0v) is 28.5. The number of pyridine rings is 2. The molecular weight excluding hydrogens is 667 g/mol. The summed E-state index contributed by atoms with van der Waals surface area (Å²) < 4.78 is 33.4. The van der Waals surface area contributed by atoms with Crippen molar-refractivity contribution in [3.8, 4) is 17.2 Å². The summed E-state index contributed by atoms with van der Waals surface area (Å²) in [5, 5.41) is 15.3. The molecule has 3 aliphatic heterocycles. The molecule has 4 aliphatic rings. The molecule has 5 aromatic rings. The molecule has 9 rings (SSSR count). The monoisotopic (exact) mass is 699 g/mol. The van der Waals surface area contributed by atoms with Crippen LogP contribution in [0.5, 0.6) is 0 Å². The van der Waals surface area contributed by atoms with E-state index in [-0.39, 0.29) is 41.1 Å². The third-order valence-corrected chi connectivity index (χ3v) is 11.4. The van der Waals surface area contributed by atoms with Crippen LogP contribution >= 0.6 is 23.2 Å². The van der Waals surface area contributed by atoms with Crippen molar-refractivity contribution in [3.05, 3.63) is 87.4 Å². The van der Waals surface area contributed by atoms with Gasteiger partial charge in [-0.3, -0.25) is 4.90 Å². The number of nitriles is 1. The number of urea groups is 1. The van der Waals surface area contributed by atoms with Crippen LogP contribution in [-0.2, 0) is 6.42 Å². The SMILES string of the molecule is Cc1nc2c(F)c(-c3cccc(Cl)c3Cl)c(CCC#N)cc2c2c1cc(C(C)N1CCCN(c3ccnc(F)c3)C1=O)n2C1C2CNC1C2. The van der Waals surface area contributed by atoms with Crippen LogP contribution in [0.2, 0.25) is 10.0 Å². The van der Waals surface area contributed by atoms with E-state index in [1.807, 2.05) is 24.8 Å². The van der Waals surface area contributed by atoms with Crippen LogP contribution in [0.3, 0.4) is 0 Å². The fraction of sp³-hybridized carbons (Fsp3) is 0.351. The van der Waals surface area contributed by atoms with E-state index in [1.54, 1.807) is 29.2 Å². The van der Waals surface area contributed by atoms with Crippen molar-refractivity contribution in [1.29, 1.82) is 5.26 Å². The number of halogens is 4. The number of benzene rings is 2. The lowest BCUT2D eigenvalue weighted by molar-refractivity contribution is 0.165. The van der Waals surface area contributed by atoms with Gasteiger partial charge in [0.25, 0.3) is 0 Å². The number of aryl methyl sites for hydroxylation is 2. The Morgan fingerprint density at radius 2 is 1.98 bits per heavy atom. The topological polar surface area (TPSA) is 90.1 Å². The number of hydrogen-bond donors (Lipinski definition) is 1. The summed E-state index contributed by atoms with van der Waals surface area (Å²) in [6.45, 7) is 5.80. The number of rotatable bonds is 7. The first kappa shape index (κ1) is 31.9. The average molecular weight is 701 g/mol. The number of aromatic nitrogens is 3. The summed E-state index contributed by atoms with van der Waals surface area (Å²) in [6.07, 6.45) is 3.62. The molecule has 0 spiro atoms. The molecule has 6 heterocycles. The molecule has 4 unspecified atom stereocenters. The van der Waals surface area contributed by atoms with Crippen LogP contribution in [0.15, 0.2) is 48.7 Å². The average Bonchev–Trinajstić information content (AvgIpc) is 3.83. The van der Waals surface area contributed by atoms with E-state index in [2.05, 4.69) is 27.0 Å². The third-order valence-electron chi connectivity index (χ3n) is 10.6. The molecule has 0 radical (unpaired) electrons. The van der Waals surface area contributed by atoms with Gasteiger partial charge in [0.15, 0.2) is 5.82 Å². The number of amides is 2. The fourth-order valence-corrected chi connectivity index (χ4v) is 8.62. The summed E-state index contributed by atoms with van der Waals surface area (Å²) in [6, 6.07) is 14.1. The van der Waals surface area contributed by atoms with E-state index < -0.39 is 11.8 Å². The second kappa shape index (κ2) is 12.2. The highest BCUT2D eigenvalue weighted by atomic mass is 35.5. The van der Waals surface area contributed by atoms with Gasteiger partial charge in [0, 0.05) is 77.6 Å². The van der Waals surface area contributed by atoms with Gasteiger partial charge in [-0.05, 0) is 68.9 Å². The first-order valence-corrected chi connectivity index (χ1v) is 17.3. The summed E-state index contributed by atoms with van der Waals surface area (Å²) in [4.78, 5) is 26.0. The molecular formula is C37H33Cl2F2N7O. The summed E-state index contributed by atoms with van der Waals surface area (Å²) in [7, 11) is 0. The zero-order chi connectivity index (χ0) is 34.1. The maximum atomic E-state index is 17.0. The number of fused-ring (bicyclic) bond motifs is 4. The third kappa shape index (κ3) is 5.05. The number of anilines is 1. The molecule has 2 bridgehead atoms. The van der Waals surface area contributed by atoms with Gasteiger partial charge >= 0.3 is 6.03 Å². The van der Waals surface area contributed by atoms with Crippen molar-refractivity contribution in [2.45, 2.75) is 57.7 Å². The van der Waals surface area contributed by atoms with Crippen LogP contribution in [0.1, 0.15) is 55.2 Å². The number of hydrogen-bond acceptors (Lipinski definition) is 5. The summed E-state index contributed by atoms with van der Waals surface area (Å²) >= 11 is 13.0. The normalized spacial score (nSPS) is 21.0. The highest BCUT2D eigenvalue weighted by Gasteiger charge is 2.49. The van der Waals surface area contributed by atoms with E-state index in [1.165, 1.54) is 12.3 Å². The van der Waals surface area contributed by atoms with Gasteiger partial charge in [-0.15, -0.1) is 0 Å². The van der Waals surface area contributed by atoms with E-state index in [9.17, 15) is 14.4 Å². The molecule has 1 saturated carbocycles. The highest BCUT2D eigenvalue weighted by Crippen LogP contribution is 2.50. The van der Waals surface area contributed by atoms with E-state index >= 15 is 4.39 Å². The van der Waals surface area contributed by atoms with Gasteiger partial charge in [-0.1, -0.05) is 35.3 Å². The molecule has 4 atom stereocenters. The van der Waals surface area contributed by atoms with Crippen LogP contribution in [0.4, 0.5) is 19.3 Å². The van der Waals surface area contributed by atoms with Gasteiger partial charge < -0.3 is 14.8 Å². The van der Waals surface area contributed by atoms with Crippen molar-refractivity contribution in [2.24, 2.45) is 5.92 Å². The first-order valence-electron chi connectivity index (χ1n) is 16.6. The highest BCUT2D eigenvalue weighted by molar-refractivity contribution is 6.43. The van der Waals surface area contributed by atoms with E-state index in [0.717, 1.165) is 29.6 Å². The Hall–Kier alpha value is -4.30. The lowest BCUT2D eigenvalue weighted by Gasteiger charge is -2.42. The van der Waals surface area contributed by atoms with Gasteiger partial charge in [-0.25, -0.2) is 19.2 Å². The molecule has 8 nitrogen and oxygen atoms in total. The van der Waals surface area contributed by atoms with E-state index in [0.29, 0.717) is 70.3 Å². The number of nitrogens with one attached hydrogen (secondary N) is 1. The van der Waals surface area contributed by atoms with Crippen molar-refractivity contribution in [3.63, 3.8) is 0 Å². The molecule has 1 N–H and O–H groups in total. The minimum absolute atomic E-state index is 0.109. The second-order valence-electron chi connectivity index (χ2n) is 13.3. The van der Waals surface area contributed by atoms with Crippen molar-refractivity contribution >= 4 is 56.7 Å². The molecule has 2 amide bonds. The minimum atomic E-state index is -0.638. The van der Waals surface area contributed by atoms with Crippen molar-refractivity contribution < 1.29 is 13.6 Å². The smallest absolute Gasteiger partial charge is 0.325 e. The van der Waals surface area contributed by atoms with Gasteiger partial charge in [-0.2, -0.15) is 9.65 Å². The second-order valence-corrected chi connectivity index (χ2v) is 14.1. The molecule has 4 fully saturated rings. The van der Waals surface area contributed by atoms with Crippen LogP contribution in [0.25, 0.3) is 32.9 Å². The number of carbonyl (C=O) groups excluding carboxylic acids is 1. The molecule has 49 heavy (non-hydrogen) atoms. The number of carbonyl (C=O) groups is 1. The van der Waals surface area contributed by atoms with Crippen molar-refractivity contribution in [2.75, 3.05) is 24.5 Å². The molecule has 12 heteroatoms. The fourth-order valence-electron chi connectivity index (χ4n) is 8.23. The van der Waals surface area contributed by atoms with Gasteiger partial charge in [0.05, 0.1) is 39.4 Å². The Labute approximate surface area is 292 Å². The van der Waals surface area contributed by atoms with Gasteiger partial charge in [0.2, 0.25) is 5.95 Å². The standard InChI is InChI=1S/C37H33Cl2F2N7O/c1-19-25-17-29(20(2)46-12-5-13-47(37(46)49)23-9-11-43-30(40)16-23)48(35-22-15-28(35)44-18-22)36(25)26-14-21(6-4-10-42)31(33(41)34(26)45-19)24-7-3-8-27(38)32(24)39/h3,7-9,11,14,16-17,20,22,28,35,44H,4-6,12-13,15,18H2,1-2H3. The lowest BCUT2D eigenvalue weighted by atomic mass is 9.79. The zero-order valence-electron chi connectivity index (χ0n) is 27.0. The molecule has 1 aliphatic carbocycles. The summed E-state index contributed by atoms with van der Waals surface area (Å²) in [5.74, 6) is -0.764. The Morgan fingerprint density at radius 3 is 2.71 bits per heavy atom. The molecule has 3 saturated heterocycles. The Morgan fingerprint density at radius 1 is 1.14 bits per heavy atom. The first-order chi connectivity index (χ1) is 23.7. The Balaban J connectivity index is 1.34. The van der Waals surface area contributed by atoms with Crippen molar-refractivity contribution in [1.82, 2.24) is 24.8 Å². The molecule has 3 aromatic heterocycles. The molecule has 250 valence electrons. The minimum Gasteiger partial charge on any atom is -0.337 e. The van der Waals surface area contributed by atoms with Gasteiger partial charge in [0.1, 0.15) is 5.52 Å². The Bertz CT molecular complexity index is 2200.